The zero-order valence-electron chi connectivity index (χ0n) is 28.7. The lowest BCUT2D eigenvalue weighted by molar-refractivity contribution is 0.429. The first-order chi connectivity index (χ1) is 25.1. The molecule has 1 nitrogen and oxygen atoms in total. The van der Waals surface area contributed by atoms with Gasteiger partial charge in [0.25, 0.3) is 0 Å². The summed E-state index contributed by atoms with van der Waals surface area (Å²) in [6, 6.07) is 66.7. The van der Waals surface area contributed by atoms with Crippen LogP contribution in [0.3, 0.4) is 0 Å². The van der Waals surface area contributed by atoms with Gasteiger partial charge in [0.15, 0.2) is 0 Å². The van der Waals surface area contributed by atoms with E-state index in [1.807, 2.05) is 0 Å². The standard InChI is InChI=1S/C50H36O/c1-33-16-13-27-43-46(33)41-31-30-34-17-9-10-24-39(34)47(41)50(43,37-21-7-4-8-22-37)38-23-14-18-35(32-38)40-25-15-28-44-48(40)51-45-29-12-11-26-42(45)49(44,2)36-19-5-3-6-20-36/h3-32H,1-2H3. The lowest BCUT2D eigenvalue weighted by atomic mass is 9.66. The smallest absolute Gasteiger partial charge is 0.139 e. The number of para-hydroxylation sites is 2. The second kappa shape index (κ2) is 11.2. The third-order valence-corrected chi connectivity index (χ3v) is 11.6. The van der Waals surface area contributed by atoms with Gasteiger partial charge >= 0.3 is 0 Å². The maximum atomic E-state index is 6.94. The molecule has 0 radical (unpaired) electrons. The minimum atomic E-state index is -0.532. The number of hydrogen-bond acceptors (Lipinski definition) is 1. The number of benzene rings is 8. The van der Waals surface area contributed by atoms with E-state index in [2.05, 4.69) is 196 Å². The molecule has 1 heterocycles. The molecule has 8 aromatic carbocycles. The van der Waals surface area contributed by atoms with Crippen LogP contribution in [0.5, 0.6) is 11.5 Å². The van der Waals surface area contributed by atoms with E-state index in [0.29, 0.717) is 0 Å². The van der Waals surface area contributed by atoms with Crippen molar-refractivity contribution < 1.29 is 4.74 Å². The van der Waals surface area contributed by atoms with Crippen molar-refractivity contribution >= 4 is 10.8 Å². The summed E-state index contributed by atoms with van der Waals surface area (Å²) in [7, 11) is 0. The van der Waals surface area contributed by atoms with E-state index in [1.165, 1.54) is 66.4 Å². The second-order valence-corrected chi connectivity index (χ2v) is 14.2. The van der Waals surface area contributed by atoms with Crippen LogP contribution in [0.2, 0.25) is 0 Å². The average Bonchev–Trinajstić information content (AvgIpc) is 3.51. The van der Waals surface area contributed by atoms with Gasteiger partial charge in [0.05, 0.1) is 5.41 Å². The van der Waals surface area contributed by atoms with Gasteiger partial charge in [-0.3, -0.25) is 0 Å². The fraction of sp³-hybridized carbons (Fsp3) is 0.0800. The van der Waals surface area contributed by atoms with Crippen molar-refractivity contribution in [1.82, 2.24) is 0 Å². The van der Waals surface area contributed by atoms with Crippen molar-refractivity contribution in [3.63, 3.8) is 0 Å². The van der Waals surface area contributed by atoms with Crippen LogP contribution in [-0.4, -0.2) is 0 Å². The molecule has 10 rings (SSSR count). The summed E-state index contributed by atoms with van der Waals surface area (Å²) < 4.78 is 6.94. The van der Waals surface area contributed by atoms with Crippen LogP contribution < -0.4 is 4.74 Å². The first-order valence-corrected chi connectivity index (χ1v) is 17.9. The number of ether oxygens (including phenoxy) is 1. The Hall–Kier alpha value is -6.18. The van der Waals surface area contributed by atoms with Crippen molar-refractivity contribution in [3.8, 4) is 33.8 Å². The van der Waals surface area contributed by atoms with Gasteiger partial charge in [0, 0.05) is 22.1 Å². The maximum absolute atomic E-state index is 6.94. The third-order valence-electron chi connectivity index (χ3n) is 11.6. The summed E-state index contributed by atoms with van der Waals surface area (Å²) in [6.07, 6.45) is 0. The molecule has 1 aliphatic carbocycles. The Kier molecular flexibility index (Phi) is 6.51. The van der Waals surface area contributed by atoms with Crippen LogP contribution in [0, 0.1) is 6.92 Å². The Balaban J connectivity index is 1.27. The predicted molar refractivity (Wildman–Crippen MR) is 210 cm³/mol. The highest BCUT2D eigenvalue weighted by Gasteiger charge is 2.48. The molecule has 1 heteroatoms. The molecule has 0 spiro atoms. The summed E-state index contributed by atoms with van der Waals surface area (Å²) in [6.45, 7) is 4.59. The van der Waals surface area contributed by atoms with E-state index in [9.17, 15) is 0 Å². The van der Waals surface area contributed by atoms with Gasteiger partial charge in [0.2, 0.25) is 0 Å². The quantitative estimate of drug-likeness (QED) is 0.184. The van der Waals surface area contributed by atoms with Crippen molar-refractivity contribution in [2.45, 2.75) is 24.7 Å². The average molecular weight is 653 g/mol. The van der Waals surface area contributed by atoms with E-state index in [-0.39, 0.29) is 5.41 Å². The third kappa shape index (κ3) is 4.09. The van der Waals surface area contributed by atoms with Crippen molar-refractivity contribution in [1.29, 1.82) is 0 Å². The molecule has 242 valence electrons. The summed E-state index contributed by atoms with van der Waals surface area (Å²) in [5, 5.41) is 2.54. The van der Waals surface area contributed by atoms with Crippen molar-refractivity contribution in [2.24, 2.45) is 0 Å². The van der Waals surface area contributed by atoms with Crippen LogP contribution >= 0.6 is 0 Å². The number of hydrogen-bond donors (Lipinski definition) is 0. The lowest BCUT2D eigenvalue weighted by Crippen LogP contribution is -2.29. The van der Waals surface area contributed by atoms with Gasteiger partial charge in [-0.05, 0) is 86.8 Å². The SMILES string of the molecule is Cc1cccc2c1-c1ccc3ccccc3c1C2(c1ccccc1)c1cccc(-c2cccc3c2Oc2ccccc2C3(C)c2ccccc2)c1. The van der Waals surface area contributed by atoms with E-state index >= 15 is 0 Å². The van der Waals surface area contributed by atoms with E-state index in [1.54, 1.807) is 0 Å². The van der Waals surface area contributed by atoms with Crippen LogP contribution in [0.1, 0.15) is 51.4 Å². The van der Waals surface area contributed by atoms with Crippen LogP contribution in [0.4, 0.5) is 0 Å². The largest absolute Gasteiger partial charge is 0.456 e. The van der Waals surface area contributed by atoms with Crippen molar-refractivity contribution in [2.75, 3.05) is 0 Å². The van der Waals surface area contributed by atoms with Crippen molar-refractivity contribution in [3.05, 3.63) is 226 Å². The topological polar surface area (TPSA) is 9.23 Å². The van der Waals surface area contributed by atoms with E-state index < -0.39 is 5.41 Å². The molecular formula is C50H36O. The highest BCUT2D eigenvalue weighted by Crippen LogP contribution is 2.60. The predicted octanol–water partition coefficient (Wildman–Crippen LogP) is 12.6. The van der Waals surface area contributed by atoms with Gasteiger partial charge in [-0.1, -0.05) is 170 Å². The zero-order chi connectivity index (χ0) is 34.2. The van der Waals surface area contributed by atoms with Gasteiger partial charge in [0.1, 0.15) is 11.5 Å². The molecule has 0 aromatic heterocycles. The molecule has 2 atom stereocenters. The van der Waals surface area contributed by atoms with Gasteiger partial charge in [-0.15, -0.1) is 0 Å². The summed E-state index contributed by atoms with van der Waals surface area (Å²) in [5.41, 5.74) is 14.0. The molecule has 0 bridgehead atoms. The molecule has 1 aliphatic heterocycles. The second-order valence-electron chi connectivity index (χ2n) is 14.2. The van der Waals surface area contributed by atoms with E-state index in [4.69, 9.17) is 4.74 Å². The number of fused-ring (bicyclic) bond motifs is 7. The Morgan fingerprint density at radius 3 is 1.96 bits per heavy atom. The Morgan fingerprint density at radius 2 is 1.12 bits per heavy atom. The minimum Gasteiger partial charge on any atom is -0.456 e. The molecule has 0 fully saturated rings. The zero-order valence-corrected chi connectivity index (χ0v) is 28.7. The van der Waals surface area contributed by atoms with Gasteiger partial charge < -0.3 is 4.74 Å². The first kappa shape index (κ1) is 29.7. The molecule has 0 saturated carbocycles. The van der Waals surface area contributed by atoms with Crippen LogP contribution in [0.15, 0.2) is 182 Å². The number of rotatable bonds is 4. The van der Waals surface area contributed by atoms with Gasteiger partial charge in [-0.25, -0.2) is 0 Å². The molecule has 2 aliphatic rings. The molecule has 0 amide bonds. The highest BCUT2D eigenvalue weighted by molar-refractivity contribution is 6.01. The van der Waals surface area contributed by atoms with Crippen LogP contribution in [-0.2, 0) is 10.8 Å². The fourth-order valence-electron chi connectivity index (χ4n) is 9.31. The van der Waals surface area contributed by atoms with Crippen LogP contribution in [0.25, 0.3) is 33.0 Å². The summed E-state index contributed by atoms with van der Waals surface area (Å²) in [5.74, 6) is 1.82. The molecule has 0 N–H and O–H groups in total. The fourth-order valence-corrected chi connectivity index (χ4v) is 9.31. The van der Waals surface area contributed by atoms with Gasteiger partial charge in [-0.2, -0.15) is 0 Å². The Bertz CT molecular complexity index is 2640. The molecule has 51 heavy (non-hydrogen) atoms. The monoisotopic (exact) mass is 652 g/mol. The maximum Gasteiger partial charge on any atom is 0.139 e. The normalized spacial score (nSPS) is 18.3. The molecule has 0 saturated heterocycles. The Labute approximate surface area is 299 Å². The minimum absolute atomic E-state index is 0.385. The first-order valence-electron chi connectivity index (χ1n) is 17.9. The number of aryl methyl sites for hydroxylation is 1. The highest BCUT2D eigenvalue weighted by atomic mass is 16.5. The summed E-state index contributed by atoms with van der Waals surface area (Å²) >= 11 is 0. The molecular weight excluding hydrogens is 617 g/mol. The Morgan fingerprint density at radius 1 is 0.471 bits per heavy atom. The lowest BCUT2D eigenvalue weighted by Gasteiger charge is -2.39. The molecule has 8 aromatic rings. The molecule has 2 unspecified atom stereocenters. The summed E-state index contributed by atoms with van der Waals surface area (Å²) in [4.78, 5) is 0. The van der Waals surface area contributed by atoms with E-state index in [0.717, 1.165) is 22.6 Å².